The predicted molar refractivity (Wildman–Crippen MR) is 82.9 cm³/mol. The number of aromatic nitrogens is 2. The van der Waals surface area contributed by atoms with Crippen molar-refractivity contribution in [2.45, 2.75) is 13.8 Å². The number of aryl methyl sites for hydroxylation is 2. The highest BCUT2D eigenvalue weighted by molar-refractivity contribution is 6.07. The number of para-hydroxylation sites is 1. The summed E-state index contributed by atoms with van der Waals surface area (Å²) in [6.07, 6.45) is 1.81. The third-order valence-electron chi connectivity index (χ3n) is 3.61. The molecule has 0 amide bonds. The van der Waals surface area contributed by atoms with Crippen molar-refractivity contribution in [2.24, 2.45) is 0 Å². The molecule has 0 radical (unpaired) electrons. The van der Waals surface area contributed by atoms with Gasteiger partial charge in [-0.15, -0.1) is 0 Å². The number of carbonyl (C=O) groups is 1. The fourth-order valence-electron chi connectivity index (χ4n) is 2.20. The normalized spacial score (nSPS) is 10.6. The van der Waals surface area contributed by atoms with Crippen LogP contribution in [0.3, 0.4) is 0 Å². The molecule has 0 unspecified atom stereocenters. The molecule has 0 fully saturated rings. The van der Waals surface area contributed by atoms with Crippen LogP contribution in [0.4, 0.5) is 0 Å². The van der Waals surface area contributed by atoms with Gasteiger partial charge in [-0.05, 0) is 49.2 Å². The Morgan fingerprint density at radius 2 is 1.71 bits per heavy atom. The molecule has 0 saturated carbocycles. The van der Waals surface area contributed by atoms with Crippen LogP contribution in [0.2, 0.25) is 0 Å². The average molecular weight is 276 g/mol. The number of rotatable bonds is 3. The maximum absolute atomic E-state index is 12.5. The van der Waals surface area contributed by atoms with Crippen molar-refractivity contribution in [3.8, 4) is 5.69 Å². The first-order chi connectivity index (χ1) is 10.1. The first kappa shape index (κ1) is 13.3. The second kappa shape index (κ2) is 5.37. The van der Waals surface area contributed by atoms with Crippen LogP contribution in [0.25, 0.3) is 5.69 Å². The highest BCUT2D eigenvalue weighted by Crippen LogP contribution is 2.14. The number of nitrogens with zero attached hydrogens (tertiary/aromatic N) is 2. The molecule has 1 heterocycles. The number of benzene rings is 2. The maximum Gasteiger partial charge on any atom is 0.213 e. The lowest BCUT2D eigenvalue weighted by Crippen LogP contribution is -2.04. The Balaban J connectivity index is 1.92. The van der Waals surface area contributed by atoms with Gasteiger partial charge in [-0.25, -0.2) is 4.68 Å². The van der Waals surface area contributed by atoms with Crippen LogP contribution in [0.1, 0.15) is 27.2 Å². The third-order valence-corrected chi connectivity index (χ3v) is 3.61. The smallest absolute Gasteiger partial charge is 0.213 e. The van der Waals surface area contributed by atoms with Crippen LogP contribution in [-0.2, 0) is 0 Å². The van der Waals surface area contributed by atoms with E-state index in [1.165, 1.54) is 5.56 Å². The summed E-state index contributed by atoms with van der Waals surface area (Å²) in [6, 6.07) is 17.2. The summed E-state index contributed by atoms with van der Waals surface area (Å²) in [5, 5.41) is 4.38. The van der Waals surface area contributed by atoms with Gasteiger partial charge >= 0.3 is 0 Å². The number of ketones is 1. The van der Waals surface area contributed by atoms with E-state index in [1.807, 2.05) is 68.6 Å². The molecule has 21 heavy (non-hydrogen) atoms. The SMILES string of the molecule is Cc1ccc(C(=O)c2ccn(-c3ccccc3)n2)cc1C. The van der Waals surface area contributed by atoms with Gasteiger partial charge in [0.15, 0.2) is 0 Å². The van der Waals surface area contributed by atoms with Gasteiger partial charge in [-0.3, -0.25) is 4.79 Å². The molecule has 0 aliphatic carbocycles. The molecular weight excluding hydrogens is 260 g/mol. The Hall–Kier alpha value is -2.68. The van der Waals surface area contributed by atoms with Gasteiger partial charge in [0.1, 0.15) is 5.69 Å². The topological polar surface area (TPSA) is 34.9 Å². The molecule has 104 valence electrons. The molecule has 0 aliphatic rings. The molecule has 0 atom stereocenters. The number of hydrogen-bond donors (Lipinski definition) is 0. The van der Waals surface area contributed by atoms with Gasteiger partial charge in [0, 0.05) is 11.8 Å². The van der Waals surface area contributed by atoms with Crippen molar-refractivity contribution in [2.75, 3.05) is 0 Å². The molecule has 1 aromatic heterocycles. The Morgan fingerprint density at radius 3 is 2.43 bits per heavy atom. The predicted octanol–water partition coefficient (Wildman–Crippen LogP) is 3.72. The minimum atomic E-state index is -0.0484. The summed E-state index contributed by atoms with van der Waals surface area (Å²) in [6.45, 7) is 4.04. The number of carbonyl (C=O) groups excluding carboxylic acids is 1. The first-order valence-electron chi connectivity index (χ1n) is 6.88. The van der Waals surface area contributed by atoms with E-state index >= 15 is 0 Å². The molecule has 3 nitrogen and oxygen atoms in total. The van der Waals surface area contributed by atoms with E-state index in [4.69, 9.17) is 0 Å². The Kier molecular flexibility index (Phi) is 3.40. The van der Waals surface area contributed by atoms with Crippen LogP contribution in [-0.4, -0.2) is 15.6 Å². The summed E-state index contributed by atoms with van der Waals surface area (Å²) in [4.78, 5) is 12.5. The molecular formula is C18H16N2O. The van der Waals surface area contributed by atoms with E-state index in [2.05, 4.69) is 5.10 Å². The fraction of sp³-hybridized carbons (Fsp3) is 0.111. The zero-order valence-corrected chi connectivity index (χ0v) is 12.1. The van der Waals surface area contributed by atoms with Gasteiger partial charge < -0.3 is 0 Å². The van der Waals surface area contributed by atoms with Crippen molar-refractivity contribution in [1.82, 2.24) is 9.78 Å². The van der Waals surface area contributed by atoms with Gasteiger partial charge in [0.2, 0.25) is 5.78 Å². The lowest BCUT2D eigenvalue weighted by Gasteiger charge is -2.03. The van der Waals surface area contributed by atoms with Crippen molar-refractivity contribution < 1.29 is 4.79 Å². The zero-order valence-electron chi connectivity index (χ0n) is 12.1. The van der Waals surface area contributed by atoms with Gasteiger partial charge in [0.25, 0.3) is 0 Å². The first-order valence-corrected chi connectivity index (χ1v) is 6.88. The summed E-state index contributed by atoms with van der Waals surface area (Å²) >= 11 is 0. The molecule has 3 aromatic rings. The molecule has 2 aromatic carbocycles. The van der Waals surface area contributed by atoms with E-state index < -0.39 is 0 Å². The monoisotopic (exact) mass is 276 g/mol. The second-order valence-corrected chi connectivity index (χ2v) is 5.11. The van der Waals surface area contributed by atoms with E-state index in [1.54, 1.807) is 10.7 Å². The van der Waals surface area contributed by atoms with Crippen molar-refractivity contribution in [3.05, 3.63) is 83.2 Å². The van der Waals surface area contributed by atoms with Gasteiger partial charge in [-0.2, -0.15) is 5.10 Å². The summed E-state index contributed by atoms with van der Waals surface area (Å²) in [5.41, 5.74) is 4.37. The molecule has 3 heteroatoms. The van der Waals surface area contributed by atoms with Crippen LogP contribution in [0.5, 0.6) is 0 Å². The molecule has 0 spiro atoms. The van der Waals surface area contributed by atoms with E-state index in [9.17, 15) is 4.79 Å². The standard InChI is InChI=1S/C18H16N2O/c1-13-8-9-15(12-14(13)2)18(21)17-10-11-20(19-17)16-6-4-3-5-7-16/h3-12H,1-2H3. The molecule has 0 bridgehead atoms. The van der Waals surface area contributed by atoms with Crippen LogP contribution in [0, 0.1) is 13.8 Å². The number of hydrogen-bond acceptors (Lipinski definition) is 2. The third kappa shape index (κ3) is 2.63. The second-order valence-electron chi connectivity index (χ2n) is 5.11. The lowest BCUT2D eigenvalue weighted by atomic mass is 10.0. The minimum absolute atomic E-state index is 0.0484. The highest BCUT2D eigenvalue weighted by atomic mass is 16.1. The molecule has 3 rings (SSSR count). The summed E-state index contributed by atoms with van der Waals surface area (Å²) < 4.78 is 1.72. The fourth-order valence-corrected chi connectivity index (χ4v) is 2.20. The van der Waals surface area contributed by atoms with E-state index in [-0.39, 0.29) is 5.78 Å². The molecule has 0 aliphatic heterocycles. The van der Waals surface area contributed by atoms with Crippen molar-refractivity contribution >= 4 is 5.78 Å². The Bertz CT molecular complexity index is 788. The van der Waals surface area contributed by atoms with Crippen molar-refractivity contribution in [3.63, 3.8) is 0 Å². The zero-order chi connectivity index (χ0) is 14.8. The van der Waals surface area contributed by atoms with Crippen LogP contribution in [0.15, 0.2) is 60.8 Å². The van der Waals surface area contributed by atoms with E-state index in [0.717, 1.165) is 11.3 Å². The Labute approximate surface area is 123 Å². The largest absolute Gasteiger partial charge is 0.287 e. The minimum Gasteiger partial charge on any atom is -0.287 e. The quantitative estimate of drug-likeness (QED) is 0.683. The van der Waals surface area contributed by atoms with Crippen molar-refractivity contribution in [1.29, 1.82) is 0 Å². The molecule has 0 N–H and O–H groups in total. The summed E-state index contributed by atoms with van der Waals surface area (Å²) in [7, 11) is 0. The lowest BCUT2D eigenvalue weighted by molar-refractivity contribution is 0.103. The van der Waals surface area contributed by atoms with Crippen LogP contribution >= 0.6 is 0 Å². The highest BCUT2D eigenvalue weighted by Gasteiger charge is 2.13. The Morgan fingerprint density at radius 1 is 0.952 bits per heavy atom. The maximum atomic E-state index is 12.5. The van der Waals surface area contributed by atoms with Gasteiger partial charge in [-0.1, -0.05) is 30.3 Å². The average Bonchev–Trinajstić information content (AvgIpc) is 3.00. The van der Waals surface area contributed by atoms with Gasteiger partial charge in [0.05, 0.1) is 5.69 Å². The molecule has 0 saturated heterocycles. The summed E-state index contributed by atoms with van der Waals surface area (Å²) in [5.74, 6) is -0.0484. The van der Waals surface area contributed by atoms with Crippen LogP contribution < -0.4 is 0 Å². The van der Waals surface area contributed by atoms with E-state index in [0.29, 0.717) is 11.3 Å².